The summed E-state index contributed by atoms with van der Waals surface area (Å²) in [5.41, 5.74) is 0. The predicted octanol–water partition coefficient (Wildman–Crippen LogP) is 1.61. The molecule has 0 aromatic rings. The molecule has 1 aliphatic rings. The maximum Gasteiger partial charge on any atom is 0.202 e. The molecule has 0 saturated carbocycles. The summed E-state index contributed by atoms with van der Waals surface area (Å²) in [6, 6.07) is 0. The Morgan fingerprint density at radius 2 is 1.33 bits per heavy atom. The van der Waals surface area contributed by atoms with E-state index in [9.17, 15) is 0 Å². The Hall–Kier alpha value is -1.32. The second kappa shape index (κ2) is 3.38. The number of ether oxygens (including phenoxy) is 2. The molecule has 0 atom stereocenters. The van der Waals surface area contributed by atoms with Crippen LogP contribution in [0, 0.1) is 0 Å². The summed E-state index contributed by atoms with van der Waals surface area (Å²) in [4.78, 5) is 0. The Labute approximate surface area is 70.7 Å². The van der Waals surface area contributed by atoms with E-state index in [2.05, 4.69) is 0 Å². The van der Waals surface area contributed by atoms with Crippen LogP contribution in [0.1, 0.15) is 13.8 Å². The minimum atomic E-state index is 0.0121. The van der Waals surface area contributed by atoms with E-state index in [1.54, 1.807) is 0 Å². The van der Waals surface area contributed by atoms with Gasteiger partial charge in [-0.3, -0.25) is 0 Å². The van der Waals surface area contributed by atoms with Crippen molar-refractivity contribution < 1.29 is 19.7 Å². The van der Waals surface area contributed by atoms with Crippen molar-refractivity contribution in [1.29, 1.82) is 0 Å². The third-order valence-corrected chi connectivity index (χ3v) is 1.44. The standard InChI is InChI=1S/C8H12O4/c1-5(9)7-8(6(2)10)12-4-3-11-7/h9-10H,3-4H2,1-2H3/b7-5+,8-6+. The topological polar surface area (TPSA) is 58.9 Å². The van der Waals surface area contributed by atoms with Crippen LogP contribution in [-0.4, -0.2) is 23.4 Å². The summed E-state index contributed by atoms with van der Waals surface area (Å²) in [5, 5.41) is 18.3. The zero-order chi connectivity index (χ0) is 9.14. The highest BCUT2D eigenvalue weighted by molar-refractivity contribution is 5.24. The summed E-state index contributed by atoms with van der Waals surface area (Å²) < 4.78 is 10.2. The first kappa shape index (κ1) is 8.77. The van der Waals surface area contributed by atoms with Crippen molar-refractivity contribution in [3.05, 3.63) is 23.0 Å². The Morgan fingerprint density at radius 1 is 1.00 bits per heavy atom. The molecule has 0 unspecified atom stereocenters. The molecule has 0 bridgehead atoms. The van der Waals surface area contributed by atoms with Crippen LogP contribution < -0.4 is 0 Å². The fraction of sp³-hybridized carbons (Fsp3) is 0.500. The summed E-state index contributed by atoms with van der Waals surface area (Å²) in [6.07, 6.45) is 0. The number of aliphatic hydroxyl groups is 2. The van der Waals surface area contributed by atoms with Gasteiger partial charge in [0.25, 0.3) is 0 Å². The zero-order valence-electron chi connectivity index (χ0n) is 7.13. The molecule has 4 nitrogen and oxygen atoms in total. The minimum absolute atomic E-state index is 0.0121. The smallest absolute Gasteiger partial charge is 0.202 e. The molecular weight excluding hydrogens is 160 g/mol. The molecular formula is C8H12O4. The van der Waals surface area contributed by atoms with Gasteiger partial charge in [-0.1, -0.05) is 0 Å². The lowest BCUT2D eigenvalue weighted by atomic mass is 10.3. The van der Waals surface area contributed by atoms with Gasteiger partial charge in [0.1, 0.15) is 24.7 Å². The lowest BCUT2D eigenvalue weighted by molar-refractivity contribution is 0.0441. The molecule has 68 valence electrons. The molecule has 0 amide bonds. The Morgan fingerprint density at radius 3 is 1.58 bits per heavy atom. The van der Waals surface area contributed by atoms with E-state index < -0.39 is 0 Å². The molecule has 12 heavy (non-hydrogen) atoms. The van der Waals surface area contributed by atoms with Gasteiger partial charge >= 0.3 is 0 Å². The molecule has 1 fully saturated rings. The van der Waals surface area contributed by atoms with E-state index in [0.717, 1.165) is 0 Å². The van der Waals surface area contributed by atoms with Gasteiger partial charge in [0, 0.05) is 0 Å². The number of hydrogen-bond acceptors (Lipinski definition) is 4. The third-order valence-electron chi connectivity index (χ3n) is 1.44. The molecule has 0 aromatic heterocycles. The van der Waals surface area contributed by atoms with E-state index in [0.29, 0.717) is 13.2 Å². The first-order valence-electron chi connectivity index (χ1n) is 3.68. The largest absolute Gasteiger partial charge is 0.509 e. The molecule has 1 rings (SSSR count). The van der Waals surface area contributed by atoms with E-state index in [1.807, 2.05) is 0 Å². The van der Waals surface area contributed by atoms with E-state index in [1.165, 1.54) is 13.8 Å². The van der Waals surface area contributed by atoms with Gasteiger partial charge in [-0.05, 0) is 13.8 Å². The predicted molar refractivity (Wildman–Crippen MR) is 42.6 cm³/mol. The highest BCUT2D eigenvalue weighted by Gasteiger charge is 2.19. The summed E-state index contributed by atoms with van der Waals surface area (Å²) >= 11 is 0. The lowest BCUT2D eigenvalue weighted by Gasteiger charge is -2.21. The van der Waals surface area contributed by atoms with Crippen molar-refractivity contribution in [1.82, 2.24) is 0 Å². The van der Waals surface area contributed by atoms with Crippen molar-refractivity contribution in [2.45, 2.75) is 13.8 Å². The molecule has 1 heterocycles. The average molecular weight is 172 g/mol. The second-order valence-electron chi connectivity index (χ2n) is 2.53. The zero-order valence-corrected chi connectivity index (χ0v) is 7.13. The SMILES string of the molecule is C/C(O)=C1\OCCO\C1=C(/C)O. The maximum atomic E-state index is 9.13. The van der Waals surface area contributed by atoms with E-state index >= 15 is 0 Å². The fourth-order valence-corrected chi connectivity index (χ4v) is 0.956. The van der Waals surface area contributed by atoms with Crippen molar-refractivity contribution in [3.63, 3.8) is 0 Å². The molecule has 1 aliphatic heterocycles. The number of allylic oxidation sites excluding steroid dienone is 2. The van der Waals surface area contributed by atoms with Crippen LogP contribution in [0.25, 0.3) is 0 Å². The van der Waals surface area contributed by atoms with Crippen LogP contribution >= 0.6 is 0 Å². The number of aliphatic hydroxyl groups excluding tert-OH is 2. The quantitative estimate of drug-likeness (QED) is 0.545. The Balaban J connectivity index is 2.98. The first-order valence-corrected chi connectivity index (χ1v) is 3.68. The van der Waals surface area contributed by atoms with Gasteiger partial charge < -0.3 is 19.7 Å². The minimum Gasteiger partial charge on any atom is -0.509 e. The van der Waals surface area contributed by atoms with Gasteiger partial charge in [0.05, 0.1) is 0 Å². The van der Waals surface area contributed by atoms with Crippen molar-refractivity contribution in [2.75, 3.05) is 13.2 Å². The van der Waals surface area contributed by atoms with Crippen molar-refractivity contribution in [3.8, 4) is 0 Å². The van der Waals surface area contributed by atoms with Gasteiger partial charge in [-0.15, -0.1) is 0 Å². The van der Waals surface area contributed by atoms with Gasteiger partial charge in [0.2, 0.25) is 11.5 Å². The van der Waals surface area contributed by atoms with Crippen LogP contribution in [0.3, 0.4) is 0 Å². The summed E-state index contributed by atoms with van der Waals surface area (Å²) in [7, 11) is 0. The summed E-state index contributed by atoms with van der Waals surface area (Å²) in [5.74, 6) is 0.471. The number of hydrogen-bond donors (Lipinski definition) is 2. The maximum absolute atomic E-state index is 9.13. The highest BCUT2D eigenvalue weighted by Crippen LogP contribution is 2.22. The van der Waals surface area contributed by atoms with Gasteiger partial charge in [0.15, 0.2) is 0 Å². The Kier molecular flexibility index (Phi) is 2.47. The monoisotopic (exact) mass is 172 g/mol. The second-order valence-corrected chi connectivity index (χ2v) is 2.53. The molecule has 0 aliphatic carbocycles. The molecule has 0 aromatic carbocycles. The van der Waals surface area contributed by atoms with Gasteiger partial charge in [-0.25, -0.2) is 0 Å². The normalized spacial score (nSPS) is 25.5. The highest BCUT2D eigenvalue weighted by atomic mass is 16.6. The number of rotatable bonds is 0. The van der Waals surface area contributed by atoms with Gasteiger partial charge in [-0.2, -0.15) is 0 Å². The lowest BCUT2D eigenvalue weighted by Crippen LogP contribution is -2.16. The molecule has 2 N–H and O–H groups in total. The van der Waals surface area contributed by atoms with Crippen LogP contribution in [0.15, 0.2) is 23.0 Å². The van der Waals surface area contributed by atoms with E-state index in [-0.39, 0.29) is 23.0 Å². The average Bonchev–Trinajstić information content (AvgIpc) is 2.04. The van der Waals surface area contributed by atoms with Crippen molar-refractivity contribution >= 4 is 0 Å². The molecule has 0 radical (unpaired) electrons. The van der Waals surface area contributed by atoms with Crippen molar-refractivity contribution in [2.24, 2.45) is 0 Å². The molecule has 1 saturated heterocycles. The van der Waals surface area contributed by atoms with Crippen LogP contribution in [0.5, 0.6) is 0 Å². The summed E-state index contributed by atoms with van der Waals surface area (Å²) in [6.45, 7) is 3.74. The van der Waals surface area contributed by atoms with Crippen LogP contribution in [0.4, 0.5) is 0 Å². The molecule has 4 heteroatoms. The molecule has 0 spiro atoms. The van der Waals surface area contributed by atoms with Crippen LogP contribution in [-0.2, 0) is 9.47 Å². The van der Waals surface area contributed by atoms with Crippen LogP contribution in [0.2, 0.25) is 0 Å². The fourth-order valence-electron chi connectivity index (χ4n) is 0.956. The van der Waals surface area contributed by atoms with E-state index in [4.69, 9.17) is 19.7 Å². The first-order chi connectivity index (χ1) is 5.63. The third kappa shape index (κ3) is 1.64. The Bertz CT molecular complexity index is 205.